The molecule has 212 valence electrons. The highest BCUT2D eigenvalue weighted by Gasteiger charge is 2.22. The molecule has 0 N–H and O–H groups in total. The van der Waals surface area contributed by atoms with Gasteiger partial charge in [0.1, 0.15) is 5.58 Å². The zero-order valence-corrected chi connectivity index (χ0v) is 24.8. The first kappa shape index (κ1) is 21.1. The number of hydrogen-bond donors (Lipinski definition) is 0. The molecule has 0 aliphatic heterocycles. The summed E-state index contributed by atoms with van der Waals surface area (Å²) in [5.74, 6) is 0. The van der Waals surface area contributed by atoms with Gasteiger partial charge in [0.15, 0.2) is 5.58 Å². The number of hydrogen-bond acceptors (Lipinski definition) is 3. The van der Waals surface area contributed by atoms with Crippen LogP contribution in [0.3, 0.4) is 0 Å². The molecule has 0 aliphatic rings. The Labute approximate surface area is 272 Å². The monoisotopic (exact) mass is 598 g/mol. The molecule has 0 aliphatic carbocycles. The number of anilines is 3. The fraction of sp³-hybridized carbons (Fsp3) is 0. The molecule has 0 bridgehead atoms. The minimum Gasteiger partial charge on any atom is -0.454 e. The molecule has 0 fully saturated rings. The molecule has 9 aromatic rings. The predicted molar refractivity (Wildman–Crippen MR) is 192 cm³/mol. The Morgan fingerprint density at radius 2 is 1.09 bits per heavy atom. The van der Waals surface area contributed by atoms with E-state index < -0.39 is 6.04 Å². The maximum atomic E-state index is 8.38. The molecule has 2 aromatic heterocycles. The van der Waals surface area contributed by atoms with Crippen LogP contribution in [0.1, 0.15) is 6.85 Å². The summed E-state index contributed by atoms with van der Waals surface area (Å²) in [6.45, 7) is 0. The molecule has 45 heavy (non-hydrogen) atoms. The van der Waals surface area contributed by atoms with Gasteiger partial charge in [0.05, 0.1) is 18.2 Å². The topological polar surface area (TPSA) is 16.4 Å². The van der Waals surface area contributed by atoms with Crippen LogP contribution in [0.5, 0.6) is 0 Å². The van der Waals surface area contributed by atoms with Gasteiger partial charge in [-0.25, -0.2) is 0 Å². The summed E-state index contributed by atoms with van der Waals surface area (Å²) in [5, 5.41) is 4.53. The minimum absolute atomic E-state index is 0.198. The molecule has 7 aromatic carbocycles. The van der Waals surface area contributed by atoms with Crippen LogP contribution in [-0.2, 0) is 0 Å². The Morgan fingerprint density at radius 1 is 0.489 bits per heavy atom. The number of nitrogens with zero attached hydrogens (tertiary/aromatic N) is 1. The number of thiophene rings is 1. The van der Waals surface area contributed by atoms with Crippen molar-refractivity contribution < 1.29 is 11.3 Å². The predicted octanol–water partition coefficient (Wildman–Crippen LogP) is 12.8. The third-order valence-corrected chi connectivity index (χ3v) is 9.51. The van der Waals surface area contributed by atoms with Gasteiger partial charge < -0.3 is 9.32 Å². The number of furan rings is 1. The van der Waals surface area contributed by atoms with Gasteiger partial charge in [-0.1, -0.05) is 121 Å². The van der Waals surface area contributed by atoms with Gasteiger partial charge in [0.2, 0.25) is 0 Å². The summed E-state index contributed by atoms with van der Waals surface area (Å²) < 4.78 is 49.8. The van der Waals surface area contributed by atoms with E-state index in [0.717, 1.165) is 50.1 Å². The van der Waals surface area contributed by atoms with Crippen LogP contribution in [0, 0.1) is 0 Å². The first-order chi connectivity index (χ1) is 24.4. The van der Waals surface area contributed by atoms with Gasteiger partial charge in [-0.3, -0.25) is 0 Å². The van der Waals surface area contributed by atoms with Gasteiger partial charge in [-0.2, -0.15) is 0 Å². The van der Waals surface area contributed by atoms with Crippen LogP contribution in [0.25, 0.3) is 64.4 Å². The van der Waals surface area contributed by atoms with Crippen molar-refractivity contribution in [2.24, 2.45) is 0 Å². The van der Waals surface area contributed by atoms with Crippen molar-refractivity contribution in [1.82, 2.24) is 0 Å². The van der Waals surface area contributed by atoms with E-state index in [1.165, 1.54) is 20.2 Å². The van der Waals surface area contributed by atoms with Crippen LogP contribution in [0.2, 0.25) is 0 Å². The summed E-state index contributed by atoms with van der Waals surface area (Å²) in [6.07, 6.45) is 0. The molecule has 0 saturated carbocycles. The molecular weight excluding hydrogens is 567 g/mol. The average molecular weight is 599 g/mol. The standard InChI is InChI=1S/C42H27NOS/c1-2-10-28(11-3-1)29-20-22-30(23-21-29)31-24-26-32(27-25-31)43(36-15-9-19-40-41(36)35-13-5-7-18-39(35)45-40)37-16-8-14-34-33-12-4-6-17-38(33)44-42(34)37/h1-27H/i1D,2D,3D,10D,11D. The zero-order valence-electron chi connectivity index (χ0n) is 29.0. The second kappa shape index (κ2) is 10.5. The maximum Gasteiger partial charge on any atom is 0.159 e. The van der Waals surface area contributed by atoms with Crippen molar-refractivity contribution in [3.8, 4) is 22.3 Å². The lowest BCUT2D eigenvalue weighted by Crippen LogP contribution is -2.10. The van der Waals surface area contributed by atoms with E-state index in [0.29, 0.717) is 5.56 Å². The van der Waals surface area contributed by atoms with E-state index in [1.807, 2.05) is 42.5 Å². The highest BCUT2D eigenvalue weighted by molar-refractivity contribution is 7.26. The summed E-state index contributed by atoms with van der Waals surface area (Å²) in [6, 6.07) is 43.9. The molecule has 0 radical (unpaired) electrons. The van der Waals surface area contributed by atoms with Crippen LogP contribution in [0.4, 0.5) is 17.1 Å². The van der Waals surface area contributed by atoms with E-state index >= 15 is 0 Å². The van der Waals surface area contributed by atoms with Crippen LogP contribution in [0.15, 0.2) is 168 Å². The molecule has 0 unspecified atom stereocenters. The number of benzene rings is 7. The van der Waals surface area contributed by atoms with Gasteiger partial charge in [-0.15, -0.1) is 11.3 Å². The average Bonchev–Trinajstić information content (AvgIpc) is 3.74. The molecule has 0 atom stereocenters. The van der Waals surface area contributed by atoms with E-state index in [-0.39, 0.29) is 29.7 Å². The zero-order chi connectivity index (χ0) is 34.1. The Balaban J connectivity index is 1.18. The summed E-state index contributed by atoms with van der Waals surface area (Å²) in [7, 11) is 0. The number of para-hydroxylation sites is 2. The van der Waals surface area contributed by atoms with E-state index in [1.54, 1.807) is 11.3 Å². The molecule has 9 rings (SSSR count). The lowest BCUT2D eigenvalue weighted by molar-refractivity contribution is 0.669. The Hall–Kier alpha value is -5.64. The third kappa shape index (κ3) is 4.32. The van der Waals surface area contributed by atoms with Crippen LogP contribution >= 0.6 is 11.3 Å². The first-order valence-corrected chi connectivity index (χ1v) is 15.6. The van der Waals surface area contributed by atoms with Crippen LogP contribution < -0.4 is 4.90 Å². The van der Waals surface area contributed by atoms with E-state index in [4.69, 9.17) is 11.3 Å². The third-order valence-electron chi connectivity index (χ3n) is 8.38. The Bertz CT molecular complexity index is 2740. The molecule has 2 heterocycles. The van der Waals surface area contributed by atoms with E-state index in [9.17, 15) is 0 Å². The first-order valence-electron chi connectivity index (χ1n) is 17.3. The second-order valence-electron chi connectivity index (χ2n) is 11.0. The summed E-state index contributed by atoms with van der Waals surface area (Å²) >= 11 is 1.79. The molecular formula is C42H27NOS. The fourth-order valence-corrected chi connectivity index (χ4v) is 7.41. The smallest absolute Gasteiger partial charge is 0.159 e. The summed E-state index contributed by atoms with van der Waals surface area (Å²) in [5.41, 5.74) is 7.34. The van der Waals surface area contributed by atoms with Gasteiger partial charge >= 0.3 is 0 Å². The van der Waals surface area contributed by atoms with Crippen molar-refractivity contribution in [2.45, 2.75) is 0 Å². The van der Waals surface area contributed by atoms with Gasteiger partial charge in [0.25, 0.3) is 0 Å². The second-order valence-corrected chi connectivity index (χ2v) is 12.0. The number of fused-ring (bicyclic) bond motifs is 6. The van der Waals surface area contributed by atoms with Crippen molar-refractivity contribution in [3.05, 3.63) is 164 Å². The van der Waals surface area contributed by atoms with Gasteiger partial charge in [-0.05, 0) is 64.7 Å². The Morgan fingerprint density at radius 3 is 1.89 bits per heavy atom. The van der Waals surface area contributed by atoms with Crippen molar-refractivity contribution >= 4 is 70.5 Å². The SMILES string of the molecule is [2H]c1c([2H])c([2H])c(-c2ccc(-c3ccc(N(c4cccc5c4oc4ccccc45)c4cccc5sc6ccccc6c45)cc3)cc2)c([2H])c1[2H]. The number of rotatable bonds is 5. The summed E-state index contributed by atoms with van der Waals surface area (Å²) in [4.78, 5) is 2.29. The minimum atomic E-state index is -0.394. The molecule has 0 saturated heterocycles. The quantitative estimate of drug-likeness (QED) is 0.196. The van der Waals surface area contributed by atoms with Crippen molar-refractivity contribution in [3.63, 3.8) is 0 Å². The Kier molecular flexibility index (Phi) is 4.94. The maximum absolute atomic E-state index is 8.38. The van der Waals surface area contributed by atoms with Crippen molar-refractivity contribution in [1.29, 1.82) is 0 Å². The fourth-order valence-electron chi connectivity index (χ4n) is 6.29. The van der Waals surface area contributed by atoms with Crippen molar-refractivity contribution in [2.75, 3.05) is 4.90 Å². The lowest BCUT2D eigenvalue weighted by Gasteiger charge is -2.26. The largest absolute Gasteiger partial charge is 0.454 e. The van der Waals surface area contributed by atoms with Crippen LogP contribution in [-0.4, -0.2) is 0 Å². The molecule has 0 spiro atoms. The molecule has 3 heteroatoms. The normalized spacial score (nSPS) is 13.1. The van der Waals surface area contributed by atoms with E-state index in [2.05, 4.69) is 95.9 Å². The molecule has 2 nitrogen and oxygen atoms in total. The lowest BCUT2D eigenvalue weighted by atomic mass is 10.00. The molecule has 0 amide bonds. The highest BCUT2D eigenvalue weighted by atomic mass is 32.1. The van der Waals surface area contributed by atoms with Gasteiger partial charge in [0, 0.05) is 36.6 Å². The highest BCUT2D eigenvalue weighted by Crippen LogP contribution is 2.47.